The summed E-state index contributed by atoms with van der Waals surface area (Å²) in [7, 11) is -3.65. The zero-order valence-electron chi connectivity index (χ0n) is 11.5. The minimum Gasteiger partial charge on any atom is -0.285 e. The van der Waals surface area contributed by atoms with Gasteiger partial charge in [0.25, 0.3) is 0 Å². The number of pyridine rings is 1. The van der Waals surface area contributed by atoms with E-state index >= 15 is 0 Å². The topological polar surface area (TPSA) is 105 Å². The van der Waals surface area contributed by atoms with Crippen LogP contribution in [0.25, 0.3) is 5.65 Å². The normalized spacial score (nSPS) is 12.1. The average Bonchev–Trinajstić information content (AvgIpc) is 3.01. The lowest BCUT2D eigenvalue weighted by molar-refractivity contribution is 0.577. The quantitative estimate of drug-likeness (QED) is 0.732. The van der Waals surface area contributed by atoms with E-state index in [1.54, 1.807) is 30.5 Å². The van der Waals surface area contributed by atoms with Crippen molar-refractivity contribution in [2.75, 3.05) is 0 Å². The van der Waals surface area contributed by atoms with E-state index in [1.807, 2.05) is 12.1 Å². The summed E-state index contributed by atoms with van der Waals surface area (Å²) in [5.74, 6) is 0.521. The number of rotatable bonds is 4. The van der Waals surface area contributed by atoms with E-state index in [-0.39, 0.29) is 11.4 Å². The van der Waals surface area contributed by atoms with Crippen LogP contribution in [0.2, 0.25) is 0 Å². The van der Waals surface area contributed by atoms with Gasteiger partial charge in [-0.15, -0.1) is 10.2 Å². The highest BCUT2D eigenvalue weighted by Crippen LogP contribution is 2.16. The fourth-order valence-corrected chi connectivity index (χ4v) is 3.53. The summed E-state index contributed by atoms with van der Waals surface area (Å²) in [6.07, 6.45) is 1.79. The Morgan fingerprint density at radius 3 is 2.81 bits per heavy atom. The summed E-state index contributed by atoms with van der Waals surface area (Å²) in [5, 5.41) is 14.5. The van der Waals surface area contributed by atoms with Gasteiger partial charge in [-0.1, -0.05) is 6.07 Å². The van der Waals surface area contributed by atoms with Crippen LogP contribution < -0.4 is 4.72 Å². The second-order valence-corrected chi connectivity index (χ2v) is 6.34. The number of hydrogen-bond donors (Lipinski definition) is 2. The van der Waals surface area contributed by atoms with Gasteiger partial charge in [-0.05, 0) is 26.0 Å². The van der Waals surface area contributed by atoms with Crippen LogP contribution in [0.1, 0.15) is 17.2 Å². The molecule has 0 saturated heterocycles. The Bertz CT molecular complexity index is 876. The fraction of sp³-hybridized carbons (Fsp3) is 0.250. The third-order valence-corrected chi connectivity index (χ3v) is 4.80. The van der Waals surface area contributed by atoms with Crippen LogP contribution in [-0.4, -0.2) is 33.2 Å². The predicted molar refractivity (Wildman–Crippen MR) is 75.1 cm³/mol. The Morgan fingerprint density at radius 2 is 2.10 bits per heavy atom. The van der Waals surface area contributed by atoms with Crippen molar-refractivity contribution in [3.05, 3.63) is 41.6 Å². The first-order chi connectivity index (χ1) is 9.99. The van der Waals surface area contributed by atoms with Crippen molar-refractivity contribution in [1.82, 2.24) is 29.5 Å². The number of aromatic amines is 1. The lowest BCUT2D eigenvalue weighted by Crippen LogP contribution is -2.25. The Balaban J connectivity index is 1.88. The average molecular weight is 306 g/mol. The van der Waals surface area contributed by atoms with Crippen LogP contribution in [0.3, 0.4) is 0 Å². The summed E-state index contributed by atoms with van der Waals surface area (Å²) in [6, 6.07) is 5.48. The molecular weight excluding hydrogens is 292 g/mol. The first-order valence-corrected chi connectivity index (χ1v) is 7.77. The number of aromatic nitrogens is 5. The van der Waals surface area contributed by atoms with Gasteiger partial charge in [-0.2, -0.15) is 5.10 Å². The van der Waals surface area contributed by atoms with E-state index in [4.69, 9.17) is 0 Å². The highest BCUT2D eigenvalue weighted by Gasteiger charge is 2.22. The molecule has 9 heteroatoms. The standard InChI is InChI=1S/C12H14N6O2S/c1-8-12(9(2)15-14-8)21(19,20)13-7-11-17-16-10-5-3-4-6-18(10)11/h3-6,13H,7H2,1-2H3,(H,14,15). The molecule has 0 aliphatic heterocycles. The third-order valence-electron chi connectivity index (χ3n) is 3.13. The molecule has 3 aromatic rings. The number of hydrogen-bond acceptors (Lipinski definition) is 5. The van der Waals surface area contributed by atoms with Crippen LogP contribution in [0.5, 0.6) is 0 Å². The molecule has 0 bridgehead atoms. The summed E-state index contributed by atoms with van der Waals surface area (Å²) >= 11 is 0. The molecule has 0 fully saturated rings. The van der Waals surface area contributed by atoms with Crippen LogP contribution in [0, 0.1) is 13.8 Å². The molecule has 0 spiro atoms. The maximum absolute atomic E-state index is 12.3. The zero-order valence-corrected chi connectivity index (χ0v) is 12.3. The molecule has 0 aliphatic carbocycles. The zero-order chi connectivity index (χ0) is 15.0. The van der Waals surface area contributed by atoms with Gasteiger partial charge in [0.15, 0.2) is 11.5 Å². The summed E-state index contributed by atoms with van der Waals surface area (Å²) in [6.45, 7) is 3.36. The smallest absolute Gasteiger partial charge is 0.244 e. The molecule has 21 heavy (non-hydrogen) atoms. The lowest BCUT2D eigenvalue weighted by Gasteiger charge is -2.06. The third kappa shape index (κ3) is 2.41. The van der Waals surface area contributed by atoms with E-state index < -0.39 is 10.0 Å². The van der Waals surface area contributed by atoms with Crippen molar-refractivity contribution in [3.63, 3.8) is 0 Å². The molecule has 0 aromatic carbocycles. The molecular formula is C12H14N6O2S. The molecule has 3 heterocycles. The Kier molecular flexibility index (Phi) is 3.22. The largest absolute Gasteiger partial charge is 0.285 e. The Hall–Kier alpha value is -2.26. The van der Waals surface area contributed by atoms with Crippen LogP contribution in [0.15, 0.2) is 29.3 Å². The monoisotopic (exact) mass is 306 g/mol. The molecule has 0 amide bonds. The Labute approximate surface area is 121 Å². The maximum atomic E-state index is 12.3. The molecule has 3 aromatic heterocycles. The number of nitrogens with one attached hydrogen (secondary N) is 2. The van der Waals surface area contributed by atoms with Gasteiger partial charge < -0.3 is 0 Å². The second kappa shape index (κ2) is 4.93. The van der Waals surface area contributed by atoms with E-state index in [9.17, 15) is 8.42 Å². The highest BCUT2D eigenvalue weighted by molar-refractivity contribution is 7.89. The van der Waals surface area contributed by atoms with Crippen molar-refractivity contribution in [1.29, 1.82) is 0 Å². The van der Waals surface area contributed by atoms with Gasteiger partial charge in [-0.25, -0.2) is 13.1 Å². The van der Waals surface area contributed by atoms with Gasteiger partial charge >= 0.3 is 0 Å². The molecule has 0 aliphatic rings. The van der Waals surface area contributed by atoms with Crippen LogP contribution >= 0.6 is 0 Å². The molecule has 0 unspecified atom stereocenters. The molecule has 0 atom stereocenters. The molecule has 110 valence electrons. The molecule has 3 rings (SSSR count). The van der Waals surface area contributed by atoms with Gasteiger partial charge in [0.05, 0.1) is 17.9 Å². The first-order valence-electron chi connectivity index (χ1n) is 6.29. The number of H-pyrrole nitrogens is 1. The predicted octanol–water partition coefficient (Wildman–Crippen LogP) is 0.548. The summed E-state index contributed by atoms with van der Waals surface area (Å²) in [4.78, 5) is 0.177. The van der Waals surface area contributed by atoms with E-state index in [1.165, 1.54) is 0 Å². The number of aryl methyl sites for hydroxylation is 2. The first kappa shape index (κ1) is 13.7. The van der Waals surface area contributed by atoms with Crippen molar-refractivity contribution in [2.24, 2.45) is 0 Å². The minimum absolute atomic E-state index is 0.0531. The van der Waals surface area contributed by atoms with Gasteiger partial charge in [-0.3, -0.25) is 9.50 Å². The SMILES string of the molecule is Cc1n[nH]c(C)c1S(=O)(=O)NCc1nnc2ccccn12. The summed E-state index contributed by atoms with van der Waals surface area (Å²) < 4.78 is 28.9. The van der Waals surface area contributed by atoms with E-state index in [0.29, 0.717) is 22.9 Å². The van der Waals surface area contributed by atoms with Crippen LogP contribution in [0.4, 0.5) is 0 Å². The Morgan fingerprint density at radius 1 is 1.29 bits per heavy atom. The van der Waals surface area contributed by atoms with E-state index in [0.717, 1.165) is 0 Å². The molecule has 8 nitrogen and oxygen atoms in total. The number of nitrogens with zero attached hydrogens (tertiary/aromatic N) is 4. The molecule has 0 saturated carbocycles. The number of fused-ring (bicyclic) bond motifs is 1. The van der Waals surface area contributed by atoms with Crippen molar-refractivity contribution >= 4 is 15.7 Å². The van der Waals surface area contributed by atoms with E-state index in [2.05, 4.69) is 25.1 Å². The molecule has 2 N–H and O–H groups in total. The number of sulfonamides is 1. The van der Waals surface area contributed by atoms with Crippen molar-refractivity contribution in [2.45, 2.75) is 25.3 Å². The van der Waals surface area contributed by atoms with Crippen molar-refractivity contribution in [3.8, 4) is 0 Å². The minimum atomic E-state index is -3.65. The maximum Gasteiger partial charge on any atom is 0.244 e. The van der Waals surface area contributed by atoms with Gasteiger partial charge in [0.1, 0.15) is 4.90 Å². The fourth-order valence-electron chi connectivity index (χ4n) is 2.18. The van der Waals surface area contributed by atoms with Gasteiger partial charge in [0, 0.05) is 6.20 Å². The summed E-state index contributed by atoms with van der Waals surface area (Å²) in [5.41, 5.74) is 1.61. The highest BCUT2D eigenvalue weighted by atomic mass is 32.2. The lowest BCUT2D eigenvalue weighted by atomic mass is 10.4. The van der Waals surface area contributed by atoms with Crippen molar-refractivity contribution < 1.29 is 8.42 Å². The second-order valence-electron chi connectivity index (χ2n) is 4.63. The van der Waals surface area contributed by atoms with Gasteiger partial charge in [0.2, 0.25) is 10.0 Å². The van der Waals surface area contributed by atoms with Crippen LogP contribution in [-0.2, 0) is 16.6 Å². The molecule has 0 radical (unpaired) electrons.